The first-order valence-electron chi connectivity index (χ1n) is 10.8. The lowest BCUT2D eigenvalue weighted by Gasteiger charge is -2.34. The predicted molar refractivity (Wildman–Crippen MR) is 136 cm³/mol. The Balaban J connectivity index is 2.39. The van der Waals surface area contributed by atoms with Gasteiger partial charge in [0.2, 0.25) is 0 Å². The lowest BCUT2D eigenvalue weighted by molar-refractivity contribution is 0.506. The van der Waals surface area contributed by atoms with Crippen LogP contribution in [-0.2, 0) is 0 Å². The van der Waals surface area contributed by atoms with E-state index in [1.807, 2.05) is 0 Å². The van der Waals surface area contributed by atoms with Gasteiger partial charge in [0.25, 0.3) is 0 Å². The first-order chi connectivity index (χ1) is 13.9. The maximum atomic E-state index is 5.99. The van der Waals surface area contributed by atoms with Gasteiger partial charge in [0.1, 0.15) is 0 Å². The smallest absolute Gasteiger partial charge is 0.0452 e. The molecule has 0 heterocycles. The van der Waals surface area contributed by atoms with Crippen molar-refractivity contribution in [1.29, 1.82) is 0 Å². The van der Waals surface area contributed by atoms with Gasteiger partial charge < -0.3 is 0 Å². The number of aryl methyl sites for hydroxylation is 2. The zero-order chi connectivity index (χ0) is 22.3. The minimum atomic E-state index is -0.0151. The van der Waals surface area contributed by atoms with E-state index in [1.54, 1.807) is 0 Å². The Labute approximate surface area is 188 Å². The van der Waals surface area contributed by atoms with Crippen LogP contribution in [-0.4, -0.2) is 4.86 Å². The van der Waals surface area contributed by atoms with E-state index in [4.69, 9.17) is 12.2 Å². The molecule has 30 heavy (non-hydrogen) atoms. The van der Waals surface area contributed by atoms with Crippen LogP contribution in [0.25, 0.3) is 5.57 Å². The summed E-state index contributed by atoms with van der Waals surface area (Å²) in [4.78, 5) is 1.01. The second-order valence-electron chi connectivity index (χ2n) is 10.5. The topological polar surface area (TPSA) is 0 Å². The van der Waals surface area contributed by atoms with Crippen LogP contribution in [0.4, 0.5) is 0 Å². The van der Waals surface area contributed by atoms with E-state index < -0.39 is 0 Å². The summed E-state index contributed by atoms with van der Waals surface area (Å²) in [5.74, 6) is 0. The molecule has 0 aliphatic heterocycles. The maximum absolute atomic E-state index is 5.99. The summed E-state index contributed by atoms with van der Waals surface area (Å²) in [6.07, 6.45) is 4.65. The van der Waals surface area contributed by atoms with Gasteiger partial charge in [-0.15, -0.1) is 0 Å². The molecule has 0 nitrogen and oxygen atoms in total. The molecule has 0 atom stereocenters. The lowest BCUT2D eigenvalue weighted by atomic mass is 9.71. The fourth-order valence-electron chi connectivity index (χ4n) is 3.83. The van der Waals surface area contributed by atoms with Crippen LogP contribution in [0, 0.1) is 24.7 Å². The maximum Gasteiger partial charge on any atom is 0.0452 e. The molecule has 0 saturated carbocycles. The van der Waals surface area contributed by atoms with Gasteiger partial charge >= 0.3 is 0 Å². The molecule has 156 valence electrons. The van der Waals surface area contributed by atoms with E-state index in [0.29, 0.717) is 0 Å². The lowest BCUT2D eigenvalue weighted by Crippen LogP contribution is -2.27. The van der Waals surface area contributed by atoms with Gasteiger partial charge in [0, 0.05) is 4.86 Å². The van der Waals surface area contributed by atoms with E-state index in [-0.39, 0.29) is 10.8 Å². The summed E-state index contributed by atoms with van der Waals surface area (Å²) in [6.45, 7) is 17.8. The van der Waals surface area contributed by atoms with Crippen LogP contribution in [0.15, 0.2) is 77.4 Å². The molecule has 0 amide bonds. The highest BCUT2D eigenvalue weighted by Crippen LogP contribution is 2.42. The molecule has 0 unspecified atom stereocenters. The van der Waals surface area contributed by atoms with Crippen molar-refractivity contribution < 1.29 is 0 Å². The van der Waals surface area contributed by atoms with E-state index in [9.17, 15) is 0 Å². The molecule has 0 fully saturated rings. The molecule has 1 aliphatic carbocycles. The fourth-order valence-corrected chi connectivity index (χ4v) is 4.56. The van der Waals surface area contributed by atoms with Crippen LogP contribution in [0.2, 0.25) is 0 Å². The normalized spacial score (nSPS) is 15.1. The molecular formula is C29H34S. The van der Waals surface area contributed by atoms with Crippen LogP contribution in [0.5, 0.6) is 0 Å². The molecule has 0 bridgehead atoms. The van der Waals surface area contributed by atoms with Crippen molar-refractivity contribution in [3.8, 4) is 0 Å². The summed E-state index contributed by atoms with van der Waals surface area (Å²) < 4.78 is 0. The number of hydrogen-bond donors (Lipinski definition) is 0. The van der Waals surface area contributed by atoms with Gasteiger partial charge in [-0.05, 0) is 70.2 Å². The second kappa shape index (κ2) is 8.12. The van der Waals surface area contributed by atoms with Gasteiger partial charge in [-0.2, -0.15) is 0 Å². The van der Waals surface area contributed by atoms with Crippen molar-refractivity contribution in [3.63, 3.8) is 0 Å². The molecule has 0 N–H and O–H groups in total. The highest BCUT2D eigenvalue weighted by atomic mass is 32.1. The molecule has 0 saturated heterocycles. The Kier molecular flexibility index (Phi) is 6.07. The van der Waals surface area contributed by atoms with Crippen molar-refractivity contribution in [1.82, 2.24) is 0 Å². The third-order valence-corrected chi connectivity index (χ3v) is 6.11. The summed E-state index contributed by atoms with van der Waals surface area (Å²) in [7, 11) is 0. The number of thiocarbonyl (C=S) groups is 1. The van der Waals surface area contributed by atoms with Gasteiger partial charge in [-0.1, -0.05) is 113 Å². The first kappa shape index (κ1) is 22.4. The van der Waals surface area contributed by atoms with Gasteiger partial charge in [0.15, 0.2) is 0 Å². The van der Waals surface area contributed by atoms with Crippen molar-refractivity contribution in [2.75, 3.05) is 0 Å². The van der Waals surface area contributed by atoms with Crippen molar-refractivity contribution in [3.05, 3.63) is 99.7 Å². The molecule has 2 aromatic carbocycles. The summed E-state index contributed by atoms with van der Waals surface area (Å²) >= 11 is 5.99. The minimum Gasteiger partial charge on any atom is -0.0795 e. The number of hydrogen-bond acceptors (Lipinski definition) is 1. The fraction of sp³-hybridized carbons (Fsp3) is 0.345. The van der Waals surface area contributed by atoms with E-state index in [0.717, 1.165) is 4.86 Å². The largest absolute Gasteiger partial charge is 0.0795 e. The summed E-state index contributed by atoms with van der Waals surface area (Å²) in [5, 5.41) is 0. The van der Waals surface area contributed by atoms with Crippen molar-refractivity contribution in [2.24, 2.45) is 10.8 Å². The average molecular weight is 415 g/mol. The third-order valence-electron chi connectivity index (χ3n) is 5.67. The van der Waals surface area contributed by atoms with Crippen LogP contribution >= 0.6 is 12.2 Å². The first-order valence-corrected chi connectivity index (χ1v) is 11.2. The molecule has 1 aliphatic rings. The molecule has 3 rings (SSSR count). The molecule has 0 aromatic heterocycles. The third kappa shape index (κ3) is 4.73. The molecule has 0 spiro atoms. The molecular weight excluding hydrogens is 380 g/mol. The Hall–Kier alpha value is -2.25. The van der Waals surface area contributed by atoms with Gasteiger partial charge in [-0.25, -0.2) is 0 Å². The number of allylic oxidation sites excluding steroid dienone is 5. The Morgan fingerprint density at radius 1 is 0.600 bits per heavy atom. The molecule has 2 aromatic rings. The Morgan fingerprint density at radius 3 is 1.23 bits per heavy atom. The second-order valence-corrected chi connectivity index (χ2v) is 10.9. The highest BCUT2D eigenvalue weighted by Gasteiger charge is 2.32. The Bertz CT molecular complexity index is 958. The van der Waals surface area contributed by atoms with Crippen LogP contribution in [0.1, 0.15) is 63.8 Å². The van der Waals surface area contributed by atoms with Crippen molar-refractivity contribution >= 4 is 22.7 Å². The number of rotatable bonds is 2. The summed E-state index contributed by atoms with van der Waals surface area (Å²) in [6, 6.07) is 17.7. The quantitative estimate of drug-likeness (QED) is 0.444. The average Bonchev–Trinajstić information content (AvgIpc) is 2.64. The molecule has 0 radical (unpaired) electrons. The van der Waals surface area contributed by atoms with Gasteiger partial charge in [0.05, 0.1) is 0 Å². The number of benzene rings is 2. The van der Waals surface area contributed by atoms with Crippen LogP contribution in [0.3, 0.4) is 0 Å². The standard InChI is InChI=1S/C29H34S/c1-19-9-13-21(14-10-19)26(22-15-11-20(2)12-16-22)23-17-24(28(3,4)5)27(30)25(18-23)29(6,7)8/h9-18H,1-8H3. The van der Waals surface area contributed by atoms with Gasteiger partial charge in [-0.3, -0.25) is 0 Å². The molecule has 1 heteroatoms. The zero-order valence-electron chi connectivity index (χ0n) is 19.7. The van der Waals surface area contributed by atoms with E-state index in [2.05, 4.69) is 116 Å². The Morgan fingerprint density at radius 2 is 0.933 bits per heavy atom. The zero-order valence-corrected chi connectivity index (χ0v) is 20.5. The van der Waals surface area contributed by atoms with Crippen LogP contribution < -0.4 is 0 Å². The monoisotopic (exact) mass is 414 g/mol. The highest BCUT2D eigenvalue weighted by molar-refractivity contribution is 7.81. The van der Waals surface area contributed by atoms with E-state index >= 15 is 0 Å². The minimum absolute atomic E-state index is 0.0151. The van der Waals surface area contributed by atoms with E-state index in [1.165, 1.54) is 44.5 Å². The predicted octanol–water partition coefficient (Wildman–Crippen LogP) is 8.43. The summed E-state index contributed by atoms with van der Waals surface area (Å²) in [5.41, 5.74) is 9.99. The van der Waals surface area contributed by atoms with Crippen molar-refractivity contribution in [2.45, 2.75) is 55.4 Å². The SMILES string of the molecule is Cc1ccc(C(=C2C=C(C(C)(C)C)C(=S)C(C(C)(C)C)=C2)c2ccc(C)cc2)cc1.